The third-order valence-corrected chi connectivity index (χ3v) is 4.44. The highest BCUT2D eigenvalue weighted by Crippen LogP contribution is 2.29. The van der Waals surface area contributed by atoms with Crippen molar-refractivity contribution in [2.75, 3.05) is 6.54 Å². The third-order valence-electron chi connectivity index (χ3n) is 4.44. The molecule has 1 aliphatic rings. The number of fused-ring (bicyclic) bond motifs is 1. The molecule has 3 rings (SSSR count). The molecule has 1 aliphatic carbocycles. The minimum atomic E-state index is 0.110. The van der Waals surface area contributed by atoms with Crippen molar-refractivity contribution in [2.24, 2.45) is 0 Å². The molecule has 116 valence electrons. The van der Waals surface area contributed by atoms with E-state index in [2.05, 4.69) is 24.4 Å². The summed E-state index contributed by atoms with van der Waals surface area (Å²) in [6.07, 6.45) is 4.45. The van der Waals surface area contributed by atoms with Crippen molar-refractivity contribution in [1.29, 1.82) is 0 Å². The second kappa shape index (κ2) is 6.93. The third kappa shape index (κ3) is 3.14. The summed E-state index contributed by atoms with van der Waals surface area (Å²) in [5.74, 6) is 0. The fourth-order valence-corrected chi connectivity index (χ4v) is 3.33. The highest BCUT2D eigenvalue weighted by Gasteiger charge is 2.22. The fraction of sp³-hybridized carbons (Fsp3) is 0.421. The standard InChI is InChI=1S/C19H24N2O/c1-2-13-20-17-9-6-10-18-16(17)11-12-19(22)21(18)14-15-7-4-3-5-8-15/h3-5,7-8,11-12,17,20H,2,6,9-10,13-14H2,1H3. The van der Waals surface area contributed by atoms with E-state index in [9.17, 15) is 4.79 Å². The van der Waals surface area contributed by atoms with Crippen LogP contribution in [-0.4, -0.2) is 11.1 Å². The van der Waals surface area contributed by atoms with Gasteiger partial charge in [0.1, 0.15) is 0 Å². The van der Waals surface area contributed by atoms with Crippen LogP contribution in [0, 0.1) is 0 Å². The fourth-order valence-electron chi connectivity index (χ4n) is 3.33. The average molecular weight is 296 g/mol. The van der Waals surface area contributed by atoms with E-state index in [-0.39, 0.29) is 5.56 Å². The van der Waals surface area contributed by atoms with Crippen LogP contribution >= 0.6 is 0 Å². The number of hydrogen-bond acceptors (Lipinski definition) is 2. The zero-order chi connectivity index (χ0) is 15.4. The SMILES string of the molecule is CCCNC1CCCc2c1ccc(=O)n2Cc1ccccc1. The monoisotopic (exact) mass is 296 g/mol. The molecule has 1 heterocycles. The topological polar surface area (TPSA) is 34.0 Å². The van der Waals surface area contributed by atoms with Crippen molar-refractivity contribution in [1.82, 2.24) is 9.88 Å². The molecule has 0 fully saturated rings. The number of hydrogen-bond donors (Lipinski definition) is 1. The summed E-state index contributed by atoms with van der Waals surface area (Å²) in [5.41, 5.74) is 3.83. The van der Waals surface area contributed by atoms with E-state index >= 15 is 0 Å². The molecule has 0 amide bonds. The van der Waals surface area contributed by atoms with Gasteiger partial charge in [-0.1, -0.05) is 43.3 Å². The Bertz CT molecular complexity index is 676. The lowest BCUT2D eigenvalue weighted by Crippen LogP contribution is -2.32. The molecular formula is C19H24N2O. The summed E-state index contributed by atoms with van der Waals surface area (Å²) < 4.78 is 1.96. The quantitative estimate of drug-likeness (QED) is 0.919. The van der Waals surface area contributed by atoms with E-state index in [0.717, 1.165) is 32.2 Å². The summed E-state index contributed by atoms with van der Waals surface area (Å²) >= 11 is 0. The predicted octanol–water partition coefficient (Wildman–Crippen LogP) is 3.27. The zero-order valence-corrected chi connectivity index (χ0v) is 13.2. The molecule has 3 heteroatoms. The summed E-state index contributed by atoms with van der Waals surface area (Å²) in [6.45, 7) is 3.89. The molecule has 1 aromatic carbocycles. The van der Waals surface area contributed by atoms with E-state index in [0.29, 0.717) is 12.6 Å². The van der Waals surface area contributed by atoms with Gasteiger partial charge in [0, 0.05) is 17.8 Å². The lowest BCUT2D eigenvalue weighted by Gasteiger charge is -2.28. The van der Waals surface area contributed by atoms with Gasteiger partial charge in [-0.25, -0.2) is 0 Å². The first kappa shape index (κ1) is 15.0. The van der Waals surface area contributed by atoms with Crippen molar-refractivity contribution in [3.63, 3.8) is 0 Å². The Morgan fingerprint density at radius 3 is 2.77 bits per heavy atom. The molecule has 1 aromatic heterocycles. The van der Waals surface area contributed by atoms with E-state index in [1.165, 1.54) is 16.8 Å². The van der Waals surface area contributed by atoms with E-state index in [1.54, 1.807) is 6.07 Å². The Balaban J connectivity index is 1.95. The normalized spacial score (nSPS) is 17.2. The molecule has 1 N–H and O–H groups in total. The number of aromatic nitrogens is 1. The molecule has 0 bridgehead atoms. The van der Waals surface area contributed by atoms with Crippen LogP contribution in [0.5, 0.6) is 0 Å². The van der Waals surface area contributed by atoms with Gasteiger partial charge in [0.2, 0.25) is 0 Å². The lowest BCUT2D eigenvalue weighted by atomic mass is 9.90. The van der Waals surface area contributed by atoms with Gasteiger partial charge in [0.15, 0.2) is 0 Å². The summed E-state index contributed by atoms with van der Waals surface area (Å²) in [4.78, 5) is 12.4. The van der Waals surface area contributed by atoms with Crippen LogP contribution in [0.1, 0.15) is 49.0 Å². The van der Waals surface area contributed by atoms with Gasteiger partial charge < -0.3 is 9.88 Å². The van der Waals surface area contributed by atoms with Gasteiger partial charge in [-0.05, 0) is 43.4 Å². The largest absolute Gasteiger partial charge is 0.310 e. The van der Waals surface area contributed by atoms with E-state index < -0.39 is 0 Å². The van der Waals surface area contributed by atoms with Crippen LogP contribution in [0.4, 0.5) is 0 Å². The molecule has 3 nitrogen and oxygen atoms in total. The summed E-state index contributed by atoms with van der Waals surface area (Å²) in [6, 6.07) is 14.4. The van der Waals surface area contributed by atoms with Crippen molar-refractivity contribution < 1.29 is 0 Å². The molecule has 0 spiro atoms. The first-order chi connectivity index (χ1) is 10.8. The lowest BCUT2D eigenvalue weighted by molar-refractivity contribution is 0.444. The Morgan fingerprint density at radius 2 is 2.00 bits per heavy atom. The van der Waals surface area contributed by atoms with Crippen molar-refractivity contribution in [3.05, 3.63) is 69.6 Å². The van der Waals surface area contributed by atoms with Crippen LogP contribution in [0.25, 0.3) is 0 Å². The highest BCUT2D eigenvalue weighted by molar-refractivity contribution is 5.29. The number of pyridine rings is 1. The molecule has 0 aliphatic heterocycles. The predicted molar refractivity (Wildman–Crippen MR) is 90.2 cm³/mol. The zero-order valence-electron chi connectivity index (χ0n) is 13.2. The van der Waals surface area contributed by atoms with Crippen LogP contribution < -0.4 is 10.9 Å². The molecule has 1 atom stereocenters. The second-order valence-electron chi connectivity index (χ2n) is 6.04. The first-order valence-electron chi connectivity index (χ1n) is 8.29. The van der Waals surface area contributed by atoms with Gasteiger partial charge in [-0.15, -0.1) is 0 Å². The summed E-state index contributed by atoms with van der Waals surface area (Å²) in [5, 5.41) is 3.62. The van der Waals surface area contributed by atoms with Gasteiger partial charge in [0.25, 0.3) is 5.56 Å². The average Bonchev–Trinajstić information content (AvgIpc) is 2.56. The van der Waals surface area contributed by atoms with Crippen LogP contribution in [0.2, 0.25) is 0 Å². The molecule has 2 aromatic rings. The van der Waals surface area contributed by atoms with E-state index in [1.807, 2.05) is 28.8 Å². The van der Waals surface area contributed by atoms with Gasteiger partial charge in [0.05, 0.1) is 6.54 Å². The number of benzene rings is 1. The highest BCUT2D eigenvalue weighted by atomic mass is 16.1. The van der Waals surface area contributed by atoms with E-state index in [4.69, 9.17) is 0 Å². The molecule has 0 radical (unpaired) electrons. The van der Waals surface area contributed by atoms with Gasteiger partial charge >= 0.3 is 0 Å². The molecule has 0 saturated heterocycles. The van der Waals surface area contributed by atoms with Crippen molar-refractivity contribution >= 4 is 0 Å². The molecule has 1 unspecified atom stereocenters. The maximum atomic E-state index is 12.4. The van der Waals surface area contributed by atoms with Gasteiger partial charge in [-0.2, -0.15) is 0 Å². The number of nitrogens with zero attached hydrogens (tertiary/aromatic N) is 1. The minimum Gasteiger partial charge on any atom is -0.310 e. The second-order valence-corrected chi connectivity index (χ2v) is 6.04. The molecule has 22 heavy (non-hydrogen) atoms. The van der Waals surface area contributed by atoms with Crippen LogP contribution in [0.3, 0.4) is 0 Å². The minimum absolute atomic E-state index is 0.110. The smallest absolute Gasteiger partial charge is 0.251 e. The first-order valence-corrected chi connectivity index (χ1v) is 8.29. The Labute approximate surface area is 132 Å². The molecular weight excluding hydrogens is 272 g/mol. The van der Waals surface area contributed by atoms with Gasteiger partial charge in [-0.3, -0.25) is 4.79 Å². The number of nitrogens with one attached hydrogen (secondary N) is 1. The Morgan fingerprint density at radius 1 is 1.18 bits per heavy atom. The maximum absolute atomic E-state index is 12.4. The Hall–Kier alpha value is -1.87. The van der Waals surface area contributed by atoms with Crippen molar-refractivity contribution in [2.45, 2.75) is 45.2 Å². The van der Waals surface area contributed by atoms with Crippen LogP contribution in [-0.2, 0) is 13.0 Å². The van der Waals surface area contributed by atoms with Crippen LogP contribution in [0.15, 0.2) is 47.3 Å². The Kier molecular flexibility index (Phi) is 4.74. The summed E-state index contributed by atoms with van der Waals surface area (Å²) in [7, 11) is 0. The molecule has 0 saturated carbocycles. The number of rotatable bonds is 5. The maximum Gasteiger partial charge on any atom is 0.251 e. The van der Waals surface area contributed by atoms with Crippen molar-refractivity contribution in [3.8, 4) is 0 Å².